The third-order valence-electron chi connectivity index (χ3n) is 3.15. The molecule has 0 aliphatic rings. The van der Waals surface area contributed by atoms with Crippen molar-refractivity contribution in [3.63, 3.8) is 0 Å². The molecule has 0 radical (unpaired) electrons. The van der Waals surface area contributed by atoms with Gasteiger partial charge >= 0.3 is 0 Å². The molecule has 2 aromatic rings. The highest BCUT2D eigenvalue weighted by Gasteiger charge is 2.04. The predicted molar refractivity (Wildman–Crippen MR) is 91.4 cm³/mol. The molecule has 0 spiro atoms. The molecule has 1 amide bonds. The molecule has 116 valence electrons. The SMILES string of the molecule is O=C(NCCCCn1cc(Br)ccc1=O)c1cccc(Cl)c1. The molecule has 22 heavy (non-hydrogen) atoms. The first kappa shape index (κ1) is 16.8. The Morgan fingerprint density at radius 3 is 2.82 bits per heavy atom. The van der Waals surface area contributed by atoms with Crippen molar-refractivity contribution in [2.75, 3.05) is 6.54 Å². The maximum Gasteiger partial charge on any atom is 0.251 e. The number of hydrogen-bond donors (Lipinski definition) is 1. The fraction of sp³-hybridized carbons (Fsp3) is 0.250. The van der Waals surface area contributed by atoms with Crippen LogP contribution in [0.4, 0.5) is 0 Å². The maximum atomic E-state index is 11.9. The van der Waals surface area contributed by atoms with Crippen molar-refractivity contribution in [3.8, 4) is 0 Å². The summed E-state index contributed by atoms with van der Waals surface area (Å²) >= 11 is 9.19. The number of pyridine rings is 1. The van der Waals surface area contributed by atoms with Crippen LogP contribution in [0.25, 0.3) is 0 Å². The number of carbonyl (C=O) groups excluding carboxylic acids is 1. The summed E-state index contributed by atoms with van der Waals surface area (Å²) in [4.78, 5) is 23.5. The smallest absolute Gasteiger partial charge is 0.251 e. The number of unbranched alkanes of at least 4 members (excludes halogenated alkanes) is 1. The highest BCUT2D eigenvalue weighted by molar-refractivity contribution is 9.10. The number of nitrogens with one attached hydrogen (secondary N) is 1. The maximum absolute atomic E-state index is 11.9. The predicted octanol–water partition coefficient (Wildman–Crippen LogP) is 3.47. The molecule has 0 atom stereocenters. The van der Waals surface area contributed by atoms with E-state index in [2.05, 4.69) is 21.2 Å². The molecule has 1 aromatic heterocycles. The number of benzene rings is 1. The van der Waals surface area contributed by atoms with E-state index >= 15 is 0 Å². The summed E-state index contributed by atoms with van der Waals surface area (Å²) in [5.41, 5.74) is 0.530. The summed E-state index contributed by atoms with van der Waals surface area (Å²) in [7, 11) is 0. The van der Waals surface area contributed by atoms with E-state index in [1.807, 2.05) is 0 Å². The first-order chi connectivity index (χ1) is 10.6. The number of amides is 1. The van der Waals surface area contributed by atoms with Gasteiger partial charge in [-0.1, -0.05) is 17.7 Å². The van der Waals surface area contributed by atoms with Gasteiger partial charge in [0.25, 0.3) is 11.5 Å². The van der Waals surface area contributed by atoms with Crippen LogP contribution in [0, 0.1) is 0 Å². The fourth-order valence-corrected chi connectivity index (χ4v) is 2.59. The molecular formula is C16H16BrClN2O2. The van der Waals surface area contributed by atoms with Gasteiger partial charge in [0.05, 0.1) is 0 Å². The monoisotopic (exact) mass is 382 g/mol. The Labute approximate surface area is 142 Å². The summed E-state index contributed by atoms with van der Waals surface area (Å²) in [5, 5.41) is 3.39. The molecule has 0 unspecified atom stereocenters. The van der Waals surface area contributed by atoms with Crippen LogP contribution in [0.3, 0.4) is 0 Å². The average Bonchev–Trinajstić information content (AvgIpc) is 2.50. The Hall–Kier alpha value is -1.59. The third-order valence-corrected chi connectivity index (χ3v) is 3.85. The minimum absolute atomic E-state index is 0.0221. The molecule has 6 heteroatoms. The van der Waals surface area contributed by atoms with Gasteiger partial charge in [0.15, 0.2) is 0 Å². The Balaban J connectivity index is 1.74. The lowest BCUT2D eigenvalue weighted by molar-refractivity contribution is 0.0953. The number of nitrogens with zero attached hydrogens (tertiary/aromatic N) is 1. The highest BCUT2D eigenvalue weighted by atomic mass is 79.9. The van der Waals surface area contributed by atoms with Crippen molar-refractivity contribution in [2.24, 2.45) is 0 Å². The van der Waals surface area contributed by atoms with Crippen LogP contribution in [0.2, 0.25) is 5.02 Å². The molecule has 4 nitrogen and oxygen atoms in total. The molecule has 0 saturated heterocycles. The summed E-state index contributed by atoms with van der Waals surface area (Å²) in [5.74, 6) is -0.137. The molecule has 1 heterocycles. The zero-order valence-electron chi connectivity index (χ0n) is 11.9. The Bertz CT molecular complexity index is 715. The highest BCUT2D eigenvalue weighted by Crippen LogP contribution is 2.10. The van der Waals surface area contributed by atoms with Crippen molar-refractivity contribution in [3.05, 3.63) is 68.0 Å². The summed E-state index contributed by atoms with van der Waals surface area (Å²) < 4.78 is 2.53. The standard InChI is InChI=1S/C16H16BrClN2O2/c17-13-6-7-15(21)20(11-13)9-2-1-8-19-16(22)12-4-3-5-14(18)10-12/h3-7,10-11H,1-2,8-9H2,(H,19,22). The van der Waals surface area contributed by atoms with Crippen molar-refractivity contribution >= 4 is 33.4 Å². The van der Waals surface area contributed by atoms with Gasteiger partial charge in [-0.05, 0) is 53.0 Å². The van der Waals surface area contributed by atoms with Gasteiger partial charge < -0.3 is 9.88 Å². The Morgan fingerprint density at radius 2 is 2.05 bits per heavy atom. The van der Waals surface area contributed by atoms with E-state index in [-0.39, 0.29) is 11.5 Å². The van der Waals surface area contributed by atoms with Crippen molar-refractivity contribution in [1.29, 1.82) is 0 Å². The van der Waals surface area contributed by atoms with Gasteiger partial charge in [-0.25, -0.2) is 0 Å². The van der Waals surface area contributed by atoms with Gasteiger partial charge in [-0.2, -0.15) is 0 Å². The second-order valence-corrected chi connectivity index (χ2v) is 6.20. The Kier molecular flexibility index (Phi) is 6.21. The first-order valence-corrected chi connectivity index (χ1v) is 8.13. The first-order valence-electron chi connectivity index (χ1n) is 6.96. The van der Waals surface area contributed by atoms with Crippen molar-refractivity contribution in [2.45, 2.75) is 19.4 Å². The van der Waals surface area contributed by atoms with Gasteiger partial charge in [0.2, 0.25) is 0 Å². The largest absolute Gasteiger partial charge is 0.352 e. The van der Waals surface area contributed by atoms with Crippen LogP contribution in [0.15, 0.2) is 51.9 Å². The van der Waals surface area contributed by atoms with Crippen molar-refractivity contribution in [1.82, 2.24) is 9.88 Å². The van der Waals surface area contributed by atoms with E-state index in [0.29, 0.717) is 23.7 Å². The third kappa shape index (κ3) is 5.00. The molecule has 1 aromatic carbocycles. The van der Waals surface area contributed by atoms with E-state index in [0.717, 1.165) is 17.3 Å². The normalized spacial score (nSPS) is 10.5. The number of halogens is 2. The molecule has 0 saturated carbocycles. The van der Waals surface area contributed by atoms with Crippen molar-refractivity contribution < 1.29 is 4.79 Å². The van der Waals surface area contributed by atoms with Gasteiger partial charge in [-0.3, -0.25) is 9.59 Å². The minimum Gasteiger partial charge on any atom is -0.352 e. The van der Waals surface area contributed by atoms with Crippen LogP contribution in [0.5, 0.6) is 0 Å². The fourth-order valence-electron chi connectivity index (χ4n) is 2.02. The lowest BCUT2D eigenvalue weighted by Gasteiger charge is -2.07. The topological polar surface area (TPSA) is 51.1 Å². The number of hydrogen-bond acceptors (Lipinski definition) is 2. The number of carbonyl (C=O) groups is 1. The van der Waals surface area contributed by atoms with Crippen LogP contribution >= 0.6 is 27.5 Å². The van der Waals surface area contributed by atoms with E-state index in [1.165, 1.54) is 6.07 Å². The Morgan fingerprint density at radius 1 is 1.23 bits per heavy atom. The van der Waals surface area contributed by atoms with E-state index in [9.17, 15) is 9.59 Å². The molecule has 0 fully saturated rings. The molecule has 1 N–H and O–H groups in total. The minimum atomic E-state index is -0.137. The summed E-state index contributed by atoms with van der Waals surface area (Å²) in [6.45, 7) is 1.19. The summed E-state index contributed by atoms with van der Waals surface area (Å²) in [6.07, 6.45) is 3.38. The zero-order chi connectivity index (χ0) is 15.9. The number of aryl methyl sites for hydroxylation is 1. The van der Waals surface area contributed by atoms with Crippen LogP contribution in [-0.2, 0) is 6.54 Å². The van der Waals surface area contributed by atoms with E-state index in [1.54, 1.807) is 41.1 Å². The lowest BCUT2D eigenvalue weighted by atomic mass is 10.2. The van der Waals surface area contributed by atoms with Crippen LogP contribution < -0.4 is 10.9 Å². The molecule has 2 rings (SSSR count). The summed E-state index contributed by atoms with van der Waals surface area (Å²) in [6, 6.07) is 10.1. The van der Waals surface area contributed by atoms with Gasteiger partial charge in [0.1, 0.15) is 0 Å². The van der Waals surface area contributed by atoms with Gasteiger partial charge in [-0.15, -0.1) is 0 Å². The van der Waals surface area contributed by atoms with Gasteiger partial charge in [0, 0.05) is 40.4 Å². The van der Waals surface area contributed by atoms with E-state index < -0.39 is 0 Å². The molecule has 0 bridgehead atoms. The second kappa shape index (κ2) is 8.15. The lowest BCUT2D eigenvalue weighted by Crippen LogP contribution is -2.25. The van der Waals surface area contributed by atoms with E-state index in [4.69, 9.17) is 11.6 Å². The number of aromatic nitrogens is 1. The molecule has 0 aliphatic heterocycles. The average molecular weight is 384 g/mol. The quantitative estimate of drug-likeness (QED) is 0.777. The molecular weight excluding hydrogens is 368 g/mol. The second-order valence-electron chi connectivity index (χ2n) is 4.85. The van der Waals surface area contributed by atoms with Crippen LogP contribution in [-0.4, -0.2) is 17.0 Å². The molecule has 0 aliphatic carbocycles. The number of rotatable bonds is 6. The zero-order valence-corrected chi connectivity index (χ0v) is 14.2. The van der Waals surface area contributed by atoms with Crippen LogP contribution in [0.1, 0.15) is 23.2 Å².